The number of hydrogen-bond donors (Lipinski definition) is 0. The number of carbonyl (C=O) groups is 1. The molecule has 0 fully saturated rings. The molecule has 0 saturated carbocycles. The number of hydrogen-bond acceptors (Lipinski definition) is 2. The van der Waals surface area contributed by atoms with Gasteiger partial charge in [0, 0.05) is 15.5 Å². The van der Waals surface area contributed by atoms with E-state index in [-0.39, 0.29) is 11.5 Å². The molecule has 0 spiro atoms. The summed E-state index contributed by atoms with van der Waals surface area (Å²) in [5, 5.41) is 0.522. The molecule has 0 bridgehead atoms. The van der Waals surface area contributed by atoms with Gasteiger partial charge in [0.2, 0.25) is 0 Å². The number of halogens is 1. The fraction of sp³-hybridized carbons (Fsp3) is 0.133. The van der Waals surface area contributed by atoms with Crippen molar-refractivity contribution in [2.24, 2.45) is 0 Å². The molecular weight excluding hydrogens is 280 g/mol. The van der Waals surface area contributed by atoms with E-state index in [1.807, 2.05) is 19.1 Å². The van der Waals surface area contributed by atoms with E-state index in [4.69, 9.17) is 11.6 Å². The predicted octanol–water partition coefficient (Wildman–Crippen LogP) is 3.64. The molecular formula is C15H13ClO2S. The molecule has 2 aromatic rings. The summed E-state index contributed by atoms with van der Waals surface area (Å²) in [6.45, 7) is 1.96. The molecule has 2 rings (SSSR count). The van der Waals surface area contributed by atoms with Crippen LogP contribution in [0.2, 0.25) is 5.02 Å². The first-order valence-corrected chi connectivity index (χ1v) is 7.50. The first kappa shape index (κ1) is 14.0. The monoisotopic (exact) mass is 292 g/mol. The van der Waals surface area contributed by atoms with E-state index in [2.05, 4.69) is 0 Å². The maximum Gasteiger partial charge on any atom is 0.175 e. The highest BCUT2D eigenvalue weighted by Gasteiger charge is 2.12. The third kappa shape index (κ3) is 3.75. The first-order valence-electron chi connectivity index (χ1n) is 5.80. The summed E-state index contributed by atoms with van der Waals surface area (Å²) < 4.78 is 12.1. The van der Waals surface area contributed by atoms with E-state index >= 15 is 0 Å². The van der Waals surface area contributed by atoms with Gasteiger partial charge < -0.3 is 0 Å². The van der Waals surface area contributed by atoms with E-state index in [9.17, 15) is 9.00 Å². The standard InChI is InChI=1S/C15H13ClO2S/c1-11-5-7-12(8-6-11)15(17)10-19(18)14-4-2-3-13(16)9-14/h2-9H,10H2,1H3. The Morgan fingerprint density at radius 2 is 1.84 bits per heavy atom. The maximum atomic E-state index is 12.1. The van der Waals surface area contributed by atoms with Gasteiger partial charge in [-0.15, -0.1) is 0 Å². The van der Waals surface area contributed by atoms with Crippen LogP contribution in [0.5, 0.6) is 0 Å². The van der Waals surface area contributed by atoms with Gasteiger partial charge in [-0.3, -0.25) is 9.00 Å². The lowest BCUT2D eigenvalue weighted by Gasteiger charge is -2.03. The summed E-state index contributed by atoms with van der Waals surface area (Å²) >= 11 is 5.84. The van der Waals surface area contributed by atoms with Gasteiger partial charge in [-0.05, 0) is 25.1 Å². The summed E-state index contributed by atoms with van der Waals surface area (Å²) in [6.07, 6.45) is 0. The Labute approximate surface area is 119 Å². The van der Waals surface area contributed by atoms with Crippen molar-refractivity contribution >= 4 is 28.2 Å². The average Bonchev–Trinajstić information content (AvgIpc) is 2.39. The SMILES string of the molecule is Cc1ccc(C(=O)CS(=O)c2cccc(Cl)c2)cc1. The number of rotatable bonds is 4. The van der Waals surface area contributed by atoms with Gasteiger partial charge in [0.1, 0.15) is 0 Å². The molecule has 0 N–H and O–H groups in total. The molecule has 2 aromatic carbocycles. The second kappa shape index (κ2) is 6.13. The van der Waals surface area contributed by atoms with E-state index in [0.29, 0.717) is 15.5 Å². The average molecular weight is 293 g/mol. The Morgan fingerprint density at radius 1 is 1.16 bits per heavy atom. The molecule has 0 aliphatic carbocycles. The quantitative estimate of drug-likeness (QED) is 0.806. The fourth-order valence-corrected chi connectivity index (χ4v) is 2.95. The predicted molar refractivity (Wildman–Crippen MR) is 78.2 cm³/mol. The molecule has 0 heterocycles. The van der Waals surface area contributed by atoms with Crippen LogP contribution in [0.15, 0.2) is 53.4 Å². The molecule has 0 radical (unpaired) electrons. The van der Waals surface area contributed by atoms with Gasteiger partial charge in [-0.1, -0.05) is 47.5 Å². The number of benzene rings is 2. The molecule has 0 aliphatic heterocycles. The summed E-state index contributed by atoms with van der Waals surface area (Å²) in [4.78, 5) is 12.6. The van der Waals surface area contributed by atoms with Gasteiger partial charge in [-0.25, -0.2) is 0 Å². The lowest BCUT2D eigenvalue weighted by Crippen LogP contribution is -2.11. The second-order valence-electron chi connectivity index (χ2n) is 4.24. The van der Waals surface area contributed by atoms with Crippen molar-refractivity contribution in [2.75, 3.05) is 5.75 Å². The van der Waals surface area contributed by atoms with Crippen LogP contribution in [0.4, 0.5) is 0 Å². The van der Waals surface area contributed by atoms with E-state index < -0.39 is 10.8 Å². The molecule has 0 aromatic heterocycles. The van der Waals surface area contributed by atoms with Crippen molar-refractivity contribution in [1.29, 1.82) is 0 Å². The van der Waals surface area contributed by atoms with Crippen molar-refractivity contribution in [3.8, 4) is 0 Å². The summed E-state index contributed by atoms with van der Waals surface area (Å²) in [5.74, 6) is -0.151. The van der Waals surface area contributed by atoms with Gasteiger partial charge in [0.25, 0.3) is 0 Å². The number of ketones is 1. The number of carbonyl (C=O) groups excluding carboxylic acids is 1. The van der Waals surface area contributed by atoms with Crippen LogP contribution >= 0.6 is 11.6 Å². The summed E-state index contributed by atoms with van der Waals surface area (Å²) in [5.41, 5.74) is 1.67. The summed E-state index contributed by atoms with van der Waals surface area (Å²) in [7, 11) is -1.36. The summed E-state index contributed by atoms with van der Waals surface area (Å²) in [6, 6.07) is 14.0. The molecule has 98 valence electrons. The number of aryl methyl sites for hydroxylation is 1. The highest BCUT2D eigenvalue weighted by atomic mass is 35.5. The Morgan fingerprint density at radius 3 is 2.47 bits per heavy atom. The van der Waals surface area contributed by atoms with Gasteiger partial charge in [0.05, 0.1) is 16.6 Å². The van der Waals surface area contributed by atoms with Crippen LogP contribution in [-0.2, 0) is 10.8 Å². The zero-order chi connectivity index (χ0) is 13.8. The normalized spacial score (nSPS) is 12.1. The number of Topliss-reactive ketones (excluding diaryl/α,β-unsaturated/α-hetero) is 1. The van der Waals surface area contributed by atoms with Crippen molar-refractivity contribution in [3.05, 3.63) is 64.7 Å². The van der Waals surface area contributed by atoms with Crippen molar-refractivity contribution < 1.29 is 9.00 Å². The largest absolute Gasteiger partial charge is 0.293 e. The smallest absolute Gasteiger partial charge is 0.175 e. The van der Waals surface area contributed by atoms with Crippen LogP contribution in [0.1, 0.15) is 15.9 Å². The van der Waals surface area contributed by atoms with Crippen LogP contribution in [-0.4, -0.2) is 15.7 Å². The van der Waals surface area contributed by atoms with Gasteiger partial charge in [0.15, 0.2) is 5.78 Å². The zero-order valence-electron chi connectivity index (χ0n) is 10.4. The highest BCUT2D eigenvalue weighted by Crippen LogP contribution is 2.15. The Bertz CT molecular complexity index is 620. The Kier molecular flexibility index (Phi) is 4.51. The van der Waals surface area contributed by atoms with Crippen molar-refractivity contribution in [2.45, 2.75) is 11.8 Å². The fourth-order valence-electron chi connectivity index (χ4n) is 1.63. The Balaban J connectivity index is 2.11. The maximum absolute atomic E-state index is 12.1. The second-order valence-corrected chi connectivity index (χ2v) is 6.12. The minimum atomic E-state index is -1.36. The van der Waals surface area contributed by atoms with Gasteiger partial charge >= 0.3 is 0 Å². The topological polar surface area (TPSA) is 34.1 Å². The third-order valence-corrected chi connectivity index (χ3v) is 4.23. The lowest BCUT2D eigenvalue weighted by atomic mass is 10.1. The van der Waals surface area contributed by atoms with Crippen LogP contribution < -0.4 is 0 Å². The third-order valence-electron chi connectivity index (χ3n) is 2.69. The zero-order valence-corrected chi connectivity index (χ0v) is 12.0. The molecule has 1 unspecified atom stereocenters. The van der Waals surface area contributed by atoms with Gasteiger partial charge in [-0.2, -0.15) is 0 Å². The van der Waals surface area contributed by atoms with Crippen LogP contribution in [0.3, 0.4) is 0 Å². The first-order chi connectivity index (χ1) is 9.06. The molecule has 2 nitrogen and oxygen atoms in total. The molecule has 19 heavy (non-hydrogen) atoms. The molecule has 4 heteroatoms. The van der Waals surface area contributed by atoms with Crippen molar-refractivity contribution in [3.63, 3.8) is 0 Å². The molecule has 0 aliphatic rings. The molecule has 0 amide bonds. The van der Waals surface area contributed by atoms with Crippen molar-refractivity contribution in [1.82, 2.24) is 0 Å². The highest BCUT2D eigenvalue weighted by molar-refractivity contribution is 7.85. The van der Waals surface area contributed by atoms with E-state index in [0.717, 1.165) is 5.56 Å². The van der Waals surface area contributed by atoms with Crippen LogP contribution in [0.25, 0.3) is 0 Å². The van der Waals surface area contributed by atoms with E-state index in [1.165, 1.54) is 0 Å². The van der Waals surface area contributed by atoms with Crippen LogP contribution in [0, 0.1) is 6.92 Å². The Hall–Kier alpha value is -1.45. The molecule has 0 saturated heterocycles. The minimum absolute atomic E-state index is 0.0244. The lowest BCUT2D eigenvalue weighted by molar-refractivity contribution is 0.102. The minimum Gasteiger partial charge on any atom is -0.293 e. The molecule has 1 atom stereocenters. The van der Waals surface area contributed by atoms with E-state index in [1.54, 1.807) is 36.4 Å².